The van der Waals surface area contributed by atoms with Crippen LogP contribution in [0.4, 0.5) is 14.6 Å². The number of aromatic nitrogens is 1. The lowest BCUT2D eigenvalue weighted by Crippen LogP contribution is -2.11. The van der Waals surface area contributed by atoms with E-state index in [0.717, 1.165) is 7.11 Å². The predicted molar refractivity (Wildman–Crippen MR) is 58.4 cm³/mol. The molecule has 0 aromatic carbocycles. The van der Waals surface area contributed by atoms with Crippen LogP contribution in [-0.2, 0) is 4.74 Å². The molecule has 0 N–H and O–H groups in total. The zero-order valence-electron chi connectivity index (χ0n) is 10.1. The van der Waals surface area contributed by atoms with E-state index in [1.54, 1.807) is 0 Å². The molecule has 1 rings (SSSR count). The van der Waals surface area contributed by atoms with Crippen molar-refractivity contribution in [3.05, 3.63) is 27.4 Å². The molecule has 1 heterocycles. The standard InChI is InChI=1S/C10H10F2N2O5/c1-3-19-10(15)5-4-6(8(11)12)13-9(14(16)17)7(5)18-2/h4,8H,3H2,1-2H3. The molecule has 19 heavy (non-hydrogen) atoms. The first-order chi connectivity index (χ1) is 8.92. The van der Waals surface area contributed by atoms with E-state index >= 15 is 0 Å². The van der Waals surface area contributed by atoms with E-state index in [0.29, 0.717) is 6.07 Å². The maximum Gasteiger partial charge on any atom is 0.407 e. The van der Waals surface area contributed by atoms with Gasteiger partial charge in [-0.25, -0.2) is 13.6 Å². The third-order valence-corrected chi connectivity index (χ3v) is 2.07. The van der Waals surface area contributed by atoms with Crippen LogP contribution in [0.15, 0.2) is 6.07 Å². The molecule has 0 unspecified atom stereocenters. The molecule has 0 saturated carbocycles. The molecule has 0 aliphatic rings. The van der Waals surface area contributed by atoms with Crippen molar-refractivity contribution in [1.29, 1.82) is 0 Å². The van der Waals surface area contributed by atoms with Crippen LogP contribution < -0.4 is 4.74 Å². The molecule has 0 radical (unpaired) electrons. The second-order valence-corrected chi connectivity index (χ2v) is 3.23. The van der Waals surface area contributed by atoms with Gasteiger partial charge in [-0.3, -0.25) is 0 Å². The van der Waals surface area contributed by atoms with E-state index in [1.165, 1.54) is 6.92 Å². The van der Waals surface area contributed by atoms with Crippen molar-refractivity contribution in [2.45, 2.75) is 13.3 Å². The summed E-state index contributed by atoms with van der Waals surface area (Å²) in [7, 11) is 1.06. The number of ether oxygens (including phenoxy) is 2. The van der Waals surface area contributed by atoms with E-state index in [4.69, 9.17) is 4.74 Å². The van der Waals surface area contributed by atoms with Gasteiger partial charge in [-0.1, -0.05) is 0 Å². The molecule has 0 spiro atoms. The molecule has 104 valence electrons. The molecule has 0 bridgehead atoms. The first-order valence-electron chi connectivity index (χ1n) is 5.10. The highest BCUT2D eigenvalue weighted by Crippen LogP contribution is 2.32. The zero-order valence-corrected chi connectivity index (χ0v) is 10.1. The summed E-state index contributed by atoms with van der Waals surface area (Å²) in [6, 6.07) is 0.717. The van der Waals surface area contributed by atoms with Crippen LogP contribution in [-0.4, -0.2) is 29.6 Å². The van der Waals surface area contributed by atoms with Crippen LogP contribution >= 0.6 is 0 Å². The summed E-state index contributed by atoms with van der Waals surface area (Å²) >= 11 is 0. The van der Waals surface area contributed by atoms with Crippen molar-refractivity contribution in [2.24, 2.45) is 0 Å². The SMILES string of the molecule is CCOC(=O)c1cc(C(F)F)nc([N+](=O)[O-])c1OC. The highest BCUT2D eigenvalue weighted by molar-refractivity contribution is 5.93. The summed E-state index contributed by atoms with van der Waals surface area (Å²) in [4.78, 5) is 24.5. The number of carbonyl (C=O) groups excluding carboxylic acids is 1. The molecule has 7 nitrogen and oxygen atoms in total. The Labute approximate surface area is 106 Å². The van der Waals surface area contributed by atoms with Gasteiger partial charge in [0.1, 0.15) is 5.56 Å². The highest BCUT2D eigenvalue weighted by atomic mass is 19.3. The average Bonchev–Trinajstić information content (AvgIpc) is 2.36. The molecule has 9 heteroatoms. The Bertz CT molecular complexity index is 507. The topological polar surface area (TPSA) is 91.6 Å². The largest absolute Gasteiger partial charge is 0.488 e. The number of nitro groups is 1. The van der Waals surface area contributed by atoms with Gasteiger partial charge in [0.2, 0.25) is 11.4 Å². The van der Waals surface area contributed by atoms with Gasteiger partial charge in [0.05, 0.1) is 13.7 Å². The third-order valence-electron chi connectivity index (χ3n) is 2.07. The monoisotopic (exact) mass is 276 g/mol. The smallest absolute Gasteiger partial charge is 0.407 e. The lowest BCUT2D eigenvalue weighted by molar-refractivity contribution is -0.390. The molecule has 0 amide bonds. The Morgan fingerprint density at radius 3 is 2.63 bits per heavy atom. The summed E-state index contributed by atoms with van der Waals surface area (Å²) in [6.07, 6.45) is -3.06. The number of hydrogen-bond donors (Lipinski definition) is 0. The van der Waals surface area contributed by atoms with Crippen molar-refractivity contribution in [1.82, 2.24) is 4.98 Å². The van der Waals surface area contributed by atoms with Crippen LogP contribution in [0, 0.1) is 10.1 Å². The van der Waals surface area contributed by atoms with E-state index in [1.807, 2.05) is 0 Å². The average molecular weight is 276 g/mol. The minimum Gasteiger partial charge on any atom is -0.488 e. The minimum atomic E-state index is -3.06. The highest BCUT2D eigenvalue weighted by Gasteiger charge is 2.30. The summed E-state index contributed by atoms with van der Waals surface area (Å²) in [6.45, 7) is 1.50. The van der Waals surface area contributed by atoms with Gasteiger partial charge in [-0.05, 0) is 16.8 Å². The number of halogens is 2. The number of hydrogen-bond acceptors (Lipinski definition) is 6. The van der Waals surface area contributed by atoms with Crippen molar-refractivity contribution >= 4 is 11.8 Å². The van der Waals surface area contributed by atoms with Crippen LogP contribution in [0.25, 0.3) is 0 Å². The molecule has 1 aromatic rings. The van der Waals surface area contributed by atoms with Gasteiger partial charge in [0, 0.05) is 6.07 Å². The molecule has 0 fully saturated rings. The van der Waals surface area contributed by atoms with Gasteiger partial charge >= 0.3 is 18.2 Å². The molecule has 1 aromatic heterocycles. The predicted octanol–water partition coefficient (Wildman–Crippen LogP) is 2.11. The minimum absolute atomic E-state index is 0.0118. The van der Waals surface area contributed by atoms with Crippen LogP contribution in [0.3, 0.4) is 0 Å². The number of rotatable bonds is 5. The number of methoxy groups -OCH3 is 1. The molecule has 0 atom stereocenters. The van der Waals surface area contributed by atoms with Crippen LogP contribution in [0.2, 0.25) is 0 Å². The third kappa shape index (κ3) is 3.12. The Balaban J connectivity index is 3.48. The van der Waals surface area contributed by atoms with Gasteiger partial charge in [0.15, 0.2) is 0 Å². The van der Waals surface area contributed by atoms with Crippen LogP contribution in [0.1, 0.15) is 29.4 Å². The van der Waals surface area contributed by atoms with E-state index in [-0.39, 0.29) is 6.61 Å². The first kappa shape index (κ1) is 14.7. The van der Waals surface area contributed by atoms with Crippen molar-refractivity contribution in [2.75, 3.05) is 13.7 Å². The fraction of sp³-hybridized carbons (Fsp3) is 0.400. The molecule has 0 saturated heterocycles. The maximum absolute atomic E-state index is 12.6. The second kappa shape index (κ2) is 6.03. The lowest BCUT2D eigenvalue weighted by Gasteiger charge is -2.08. The second-order valence-electron chi connectivity index (χ2n) is 3.23. The van der Waals surface area contributed by atoms with Crippen molar-refractivity contribution in [3.63, 3.8) is 0 Å². The van der Waals surface area contributed by atoms with Gasteiger partial charge in [-0.2, -0.15) is 0 Å². The van der Waals surface area contributed by atoms with Gasteiger partial charge in [0.25, 0.3) is 0 Å². The normalized spacial score (nSPS) is 10.4. The molecule has 0 aliphatic heterocycles. The quantitative estimate of drug-likeness (QED) is 0.464. The van der Waals surface area contributed by atoms with Crippen molar-refractivity contribution < 1.29 is 28.0 Å². The maximum atomic E-state index is 12.6. The van der Waals surface area contributed by atoms with Gasteiger partial charge < -0.3 is 19.6 Å². The van der Waals surface area contributed by atoms with E-state index in [2.05, 4.69) is 9.72 Å². The Hall–Kier alpha value is -2.32. The lowest BCUT2D eigenvalue weighted by atomic mass is 10.2. The zero-order chi connectivity index (χ0) is 14.6. The fourth-order valence-electron chi connectivity index (χ4n) is 1.34. The van der Waals surface area contributed by atoms with E-state index in [9.17, 15) is 23.7 Å². The number of carbonyl (C=O) groups is 1. The number of alkyl halides is 2. The van der Waals surface area contributed by atoms with Crippen LogP contribution in [0.5, 0.6) is 5.75 Å². The summed E-state index contributed by atoms with van der Waals surface area (Å²) in [5.41, 5.74) is -1.35. The number of esters is 1. The van der Waals surface area contributed by atoms with Crippen molar-refractivity contribution in [3.8, 4) is 5.75 Å². The Kier molecular flexibility index (Phi) is 4.67. The Morgan fingerprint density at radius 2 is 2.21 bits per heavy atom. The van der Waals surface area contributed by atoms with Gasteiger partial charge in [-0.15, -0.1) is 0 Å². The van der Waals surface area contributed by atoms with E-state index < -0.39 is 40.1 Å². The fourth-order valence-corrected chi connectivity index (χ4v) is 1.34. The molecular weight excluding hydrogens is 266 g/mol. The summed E-state index contributed by atoms with van der Waals surface area (Å²) in [5, 5.41) is 10.8. The molecule has 0 aliphatic carbocycles. The number of nitrogens with zero attached hydrogens (tertiary/aromatic N) is 2. The number of pyridine rings is 1. The summed E-state index contributed by atoms with van der Waals surface area (Å²) < 4.78 is 34.5. The molecular formula is C10H10F2N2O5. The summed E-state index contributed by atoms with van der Waals surface area (Å²) in [5.74, 6) is -2.46. The first-order valence-corrected chi connectivity index (χ1v) is 5.10. The Morgan fingerprint density at radius 1 is 1.58 bits per heavy atom.